The number of carbonyl (C=O) groups excluding carboxylic acids is 1. The molecule has 1 amide bonds. The van der Waals surface area contributed by atoms with Gasteiger partial charge in [-0.05, 0) is 25.3 Å². The predicted molar refractivity (Wildman–Crippen MR) is 66.2 cm³/mol. The summed E-state index contributed by atoms with van der Waals surface area (Å²) in [5, 5.41) is 3.19. The van der Waals surface area contributed by atoms with Crippen molar-refractivity contribution in [2.45, 2.75) is 38.5 Å². The van der Waals surface area contributed by atoms with Crippen molar-refractivity contribution in [2.75, 3.05) is 0 Å². The first kappa shape index (κ1) is 11.7. The molecule has 0 spiro atoms. The Morgan fingerprint density at radius 3 is 2.61 bits per heavy atom. The van der Waals surface area contributed by atoms with Crippen molar-refractivity contribution in [1.82, 2.24) is 10.2 Å². The van der Waals surface area contributed by atoms with Crippen LogP contribution in [0.2, 0.25) is 0 Å². The van der Waals surface area contributed by atoms with E-state index in [1.165, 1.54) is 6.07 Å². The average Bonchev–Trinajstić information content (AvgIpc) is 2.98. The molecule has 0 bridgehead atoms. The molecule has 0 radical (unpaired) electrons. The monoisotopic (exact) mass is 248 g/mol. The molecule has 1 aliphatic carbocycles. The molecule has 2 aliphatic rings. The molecule has 18 heavy (non-hydrogen) atoms. The number of rotatable bonds is 2. The van der Waals surface area contributed by atoms with Gasteiger partial charge in [-0.2, -0.15) is 0 Å². The van der Waals surface area contributed by atoms with Crippen molar-refractivity contribution in [2.24, 2.45) is 5.92 Å². The van der Waals surface area contributed by atoms with Crippen LogP contribution in [0.15, 0.2) is 24.3 Å². The standard InChI is InChI=1S/C14H17FN2O/c1-8-7-12(8)17-13(16-9(2)14(17)18)10-5-3-4-6-11(10)15/h3-6,8-9,12-13,16H,7H2,1-2H3. The molecule has 1 heterocycles. The molecular weight excluding hydrogens is 231 g/mol. The van der Waals surface area contributed by atoms with Crippen LogP contribution < -0.4 is 5.32 Å². The number of benzene rings is 1. The Morgan fingerprint density at radius 1 is 1.33 bits per heavy atom. The number of nitrogens with zero attached hydrogens (tertiary/aromatic N) is 1. The molecule has 1 saturated heterocycles. The van der Waals surface area contributed by atoms with Crippen LogP contribution in [0.25, 0.3) is 0 Å². The van der Waals surface area contributed by atoms with Gasteiger partial charge in [0, 0.05) is 11.6 Å². The van der Waals surface area contributed by atoms with Gasteiger partial charge in [0.2, 0.25) is 5.91 Å². The molecular formula is C14H17FN2O. The third-order valence-electron chi connectivity index (χ3n) is 3.94. The summed E-state index contributed by atoms with van der Waals surface area (Å²) in [6.45, 7) is 3.96. The van der Waals surface area contributed by atoms with Gasteiger partial charge < -0.3 is 4.90 Å². The first-order chi connectivity index (χ1) is 8.59. The van der Waals surface area contributed by atoms with Crippen LogP contribution >= 0.6 is 0 Å². The molecule has 4 heteroatoms. The maximum absolute atomic E-state index is 13.9. The summed E-state index contributed by atoms with van der Waals surface area (Å²) in [4.78, 5) is 14.0. The van der Waals surface area contributed by atoms with E-state index in [1.54, 1.807) is 12.1 Å². The van der Waals surface area contributed by atoms with Gasteiger partial charge in [-0.3, -0.25) is 10.1 Å². The normalized spacial score (nSPS) is 35.1. The zero-order chi connectivity index (χ0) is 12.9. The summed E-state index contributed by atoms with van der Waals surface area (Å²) in [7, 11) is 0. The molecule has 96 valence electrons. The van der Waals surface area contributed by atoms with E-state index in [4.69, 9.17) is 0 Å². The molecule has 1 N–H and O–H groups in total. The number of amides is 1. The molecule has 1 aliphatic heterocycles. The van der Waals surface area contributed by atoms with E-state index in [2.05, 4.69) is 12.2 Å². The van der Waals surface area contributed by atoms with E-state index >= 15 is 0 Å². The lowest BCUT2D eigenvalue weighted by molar-refractivity contribution is -0.130. The largest absolute Gasteiger partial charge is 0.318 e. The van der Waals surface area contributed by atoms with Crippen LogP contribution in [0.4, 0.5) is 4.39 Å². The third-order valence-corrected chi connectivity index (χ3v) is 3.94. The fourth-order valence-corrected chi connectivity index (χ4v) is 2.72. The molecule has 2 fully saturated rings. The molecule has 1 aromatic rings. The van der Waals surface area contributed by atoms with E-state index in [-0.39, 0.29) is 30.0 Å². The molecule has 4 unspecified atom stereocenters. The van der Waals surface area contributed by atoms with E-state index in [9.17, 15) is 9.18 Å². The number of halogens is 1. The maximum Gasteiger partial charge on any atom is 0.241 e. The fourth-order valence-electron chi connectivity index (χ4n) is 2.72. The van der Waals surface area contributed by atoms with Crippen LogP contribution in [0, 0.1) is 11.7 Å². The smallest absolute Gasteiger partial charge is 0.241 e. The molecule has 3 rings (SSSR count). The molecule has 4 atom stereocenters. The topological polar surface area (TPSA) is 32.3 Å². The first-order valence-electron chi connectivity index (χ1n) is 6.42. The van der Waals surface area contributed by atoms with Crippen molar-refractivity contribution < 1.29 is 9.18 Å². The van der Waals surface area contributed by atoms with Gasteiger partial charge in [0.1, 0.15) is 12.0 Å². The maximum atomic E-state index is 13.9. The van der Waals surface area contributed by atoms with Crippen LogP contribution in [-0.2, 0) is 4.79 Å². The van der Waals surface area contributed by atoms with Gasteiger partial charge in [-0.25, -0.2) is 4.39 Å². The molecule has 1 saturated carbocycles. The van der Waals surface area contributed by atoms with Crippen LogP contribution in [0.5, 0.6) is 0 Å². The Kier molecular flexibility index (Phi) is 2.63. The summed E-state index contributed by atoms with van der Waals surface area (Å²) < 4.78 is 13.9. The van der Waals surface area contributed by atoms with E-state index < -0.39 is 0 Å². The SMILES string of the molecule is CC1NC(c2ccccc2F)N(C2CC2C)C1=O. The summed E-state index contributed by atoms with van der Waals surface area (Å²) in [6, 6.07) is 6.70. The van der Waals surface area contributed by atoms with Crippen LogP contribution in [0.1, 0.15) is 32.0 Å². The highest BCUT2D eigenvalue weighted by Gasteiger charge is 2.49. The van der Waals surface area contributed by atoms with Crippen molar-refractivity contribution in [1.29, 1.82) is 0 Å². The molecule has 3 nitrogen and oxygen atoms in total. The summed E-state index contributed by atoms with van der Waals surface area (Å²) in [5.74, 6) is 0.350. The van der Waals surface area contributed by atoms with Gasteiger partial charge in [0.05, 0.1) is 6.04 Å². The first-order valence-corrected chi connectivity index (χ1v) is 6.42. The Morgan fingerprint density at radius 2 is 2.00 bits per heavy atom. The lowest BCUT2D eigenvalue weighted by Crippen LogP contribution is -2.33. The minimum atomic E-state index is -0.316. The highest BCUT2D eigenvalue weighted by molar-refractivity contribution is 5.84. The predicted octanol–water partition coefficient (Wildman–Crippen LogP) is 2.05. The second-order valence-corrected chi connectivity index (χ2v) is 5.34. The van der Waals surface area contributed by atoms with Crippen molar-refractivity contribution in [3.05, 3.63) is 35.6 Å². The van der Waals surface area contributed by atoms with E-state index in [1.807, 2.05) is 17.9 Å². The highest BCUT2D eigenvalue weighted by atomic mass is 19.1. The van der Waals surface area contributed by atoms with Crippen molar-refractivity contribution >= 4 is 5.91 Å². The Balaban J connectivity index is 1.95. The zero-order valence-electron chi connectivity index (χ0n) is 10.6. The average molecular weight is 248 g/mol. The van der Waals surface area contributed by atoms with Gasteiger partial charge in [0.15, 0.2) is 0 Å². The van der Waals surface area contributed by atoms with Crippen molar-refractivity contribution in [3.63, 3.8) is 0 Å². The summed E-state index contributed by atoms with van der Waals surface area (Å²) in [6.07, 6.45) is 0.703. The van der Waals surface area contributed by atoms with Gasteiger partial charge in [-0.15, -0.1) is 0 Å². The third kappa shape index (κ3) is 1.72. The van der Waals surface area contributed by atoms with E-state index in [0.29, 0.717) is 11.5 Å². The van der Waals surface area contributed by atoms with Gasteiger partial charge in [-0.1, -0.05) is 25.1 Å². The number of hydrogen-bond acceptors (Lipinski definition) is 2. The number of hydrogen-bond donors (Lipinski definition) is 1. The quantitative estimate of drug-likeness (QED) is 0.868. The fraction of sp³-hybridized carbons (Fsp3) is 0.500. The molecule has 1 aromatic carbocycles. The van der Waals surface area contributed by atoms with Crippen molar-refractivity contribution in [3.8, 4) is 0 Å². The minimum Gasteiger partial charge on any atom is -0.318 e. The second-order valence-electron chi connectivity index (χ2n) is 5.34. The van der Waals surface area contributed by atoms with Gasteiger partial charge in [0.25, 0.3) is 0 Å². The van der Waals surface area contributed by atoms with Crippen LogP contribution in [-0.4, -0.2) is 22.9 Å². The summed E-state index contributed by atoms with van der Waals surface area (Å²) in [5.41, 5.74) is 0.564. The zero-order valence-corrected chi connectivity index (χ0v) is 10.6. The Hall–Kier alpha value is -1.42. The minimum absolute atomic E-state index is 0.0811. The number of carbonyl (C=O) groups is 1. The second kappa shape index (κ2) is 4.05. The van der Waals surface area contributed by atoms with E-state index in [0.717, 1.165) is 6.42 Å². The lowest BCUT2D eigenvalue weighted by atomic mass is 10.1. The Bertz CT molecular complexity index is 490. The highest BCUT2D eigenvalue weighted by Crippen LogP contribution is 2.42. The lowest BCUT2D eigenvalue weighted by Gasteiger charge is -2.25. The van der Waals surface area contributed by atoms with Gasteiger partial charge >= 0.3 is 0 Å². The molecule has 0 aromatic heterocycles. The van der Waals surface area contributed by atoms with Crippen LogP contribution in [0.3, 0.4) is 0 Å². The number of nitrogens with one attached hydrogen (secondary N) is 1. The Labute approximate surface area is 106 Å². The summed E-state index contributed by atoms with van der Waals surface area (Å²) >= 11 is 0.